The molecule has 0 fully saturated rings. The van der Waals surface area contributed by atoms with Gasteiger partial charge in [0, 0.05) is 12.6 Å². The molecule has 0 atom stereocenters. The Morgan fingerprint density at radius 2 is 1.96 bits per heavy atom. The first-order valence-corrected chi connectivity index (χ1v) is 9.80. The Kier molecular flexibility index (Phi) is 4.77. The number of phenolic OH excluding ortho intramolecular Hbond substituents is 1. The van der Waals surface area contributed by atoms with Crippen LogP contribution >= 0.6 is 11.3 Å². The number of aromatic nitrogens is 4. The Bertz CT molecular complexity index is 1040. The summed E-state index contributed by atoms with van der Waals surface area (Å²) in [6.45, 7) is 5.00. The fraction of sp³-hybridized carbons (Fsp3) is 0.250. The minimum atomic E-state index is 0.242. The lowest BCUT2D eigenvalue weighted by molar-refractivity contribution is 0.475. The molecule has 0 aliphatic carbocycles. The zero-order valence-corrected chi connectivity index (χ0v) is 16.1. The lowest BCUT2D eigenvalue weighted by Gasteiger charge is -2.11. The molecule has 4 aromatic rings. The van der Waals surface area contributed by atoms with Gasteiger partial charge in [-0.1, -0.05) is 18.2 Å². The summed E-state index contributed by atoms with van der Waals surface area (Å²) in [5.74, 6) is 1.96. The van der Waals surface area contributed by atoms with Gasteiger partial charge in [-0.2, -0.15) is 0 Å². The van der Waals surface area contributed by atoms with E-state index in [9.17, 15) is 5.11 Å². The molecular weight excluding hydrogens is 358 g/mol. The van der Waals surface area contributed by atoms with E-state index in [-0.39, 0.29) is 11.8 Å². The highest BCUT2D eigenvalue weighted by Crippen LogP contribution is 2.32. The van der Waals surface area contributed by atoms with Gasteiger partial charge in [-0.05, 0) is 49.4 Å². The molecule has 3 heterocycles. The van der Waals surface area contributed by atoms with Crippen molar-refractivity contribution in [3.05, 3.63) is 53.7 Å². The molecule has 6 nitrogen and oxygen atoms in total. The van der Waals surface area contributed by atoms with Crippen LogP contribution in [0.3, 0.4) is 0 Å². The molecule has 7 heteroatoms. The summed E-state index contributed by atoms with van der Waals surface area (Å²) in [5, 5.41) is 14.8. The van der Waals surface area contributed by atoms with Crippen LogP contribution in [0.5, 0.6) is 5.75 Å². The van der Waals surface area contributed by atoms with Gasteiger partial charge in [0.1, 0.15) is 12.1 Å². The summed E-state index contributed by atoms with van der Waals surface area (Å²) in [7, 11) is 0. The van der Waals surface area contributed by atoms with Gasteiger partial charge < -0.3 is 15.0 Å². The molecule has 0 radical (unpaired) electrons. The number of phenols is 1. The monoisotopic (exact) mass is 379 g/mol. The van der Waals surface area contributed by atoms with Gasteiger partial charge in [-0.3, -0.25) is 0 Å². The number of anilines is 1. The number of nitrogens with one attached hydrogen (secondary N) is 1. The molecule has 0 aliphatic rings. The van der Waals surface area contributed by atoms with Crippen LogP contribution in [-0.4, -0.2) is 31.2 Å². The normalized spacial score (nSPS) is 11.4. The van der Waals surface area contributed by atoms with E-state index in [2.05, 4.69) is 45.1 Å². The smallest absolute Gasteiger partial charge is 0.166 e. The van der Waals surface area contributed by atoms with Gasteiger partial charge in [0.15, 0.2) is 22.8 Å². The van der Waals surface area contributed by atoms with Crippen molar-refractivity contribution in [1.29, 1.82) is 0 Å². The molecule has 0 unspecified atom stereocenters. The quantitative estimate of drug-likeness (QED) is 0.516. The third kappa shape index (κ3) is 3.50. The predicted octanol–water partition coefficient (Wildman–Crippen LogP) is 4.50. The Labute approximate surface area is 161 Å². The average Bonchev–Trinajstić information content (AvgIpc) is 3.31. The van der Waals surface area contributed by atoms with Crippen molar-refractivity contribution in [3.8, 4) is 16.5 Å². The van der Waals surface area contributed by atoms with Gasteiger partial charge in [-0.25, -0.2) is 15.0 Å². The number of benzene rings is 1. The van der Waals surface area contributed by atoms with E-state index in [1.807, 2.05) is 18.2 Å². The number of nitrogens with zero attached hydrogens (tertiary/aromatic N) is 4. The van der Waals surface area contributed by atoms with Crippen LogP contribution in [0.4, 0.5) is 5.82 Å². The van der Waals surface area contributed by atoms with Crippen molar-refractivity contribution < 1.29 is 5.11 Å². The Hall–Kier alpha value is -2.93. The number of rotatable bonds is 6. The number of thiophene rings is 1. The van der Waals surface area contributed by atoms with Gasteiger partial charge >= 0.3 is 0 Å². The number of aromatic hydroxyl groups is 1. The SMILES string of the molecule is CC(C)n1c(-c2cccs2)nc2c(NCCc3ccc(O)cc3)ncnc21. The largest absolute Gasteiger partial charge is 0.508 e. The third-order valence-electron chi connectivity index (χ3n) is 4.38. The van der Waals surface area contributed by atoms with E-state index in [0.717, 1.165) is 46.2 Å². The van der Waals surface area contributed by atoms with Gasteiger partial charge in [0.05, 0.1) is 4.88 Å². The highest BCUT2D eigenvalue weighted by Gasteiger charge is 2.19. The molecule has 0 amide bonds. The molecule has 27 heavy (non-hydrogen) atoms. The molecular formula is C20H21N5OS. The fourth-order valence-corrected chi connectivity index (χ4v) is 3.81. The number of fused-ring (bicyclic) bond motifs is 1. The first-order chi connectivity index (χ1) is 13.1. The van der Waals surface area contributed by atoms with Gasteiger partial charge in [0.2, 0.25) is 0 Å². The Morgan fingerprint density at radius 1 is 1.15 bits per heavy atom. The average molecular weight is 379 g/mol. The highest BCUT2D eigenvalue weighted by molar-refractivity contribution is 7.13. The van der Waals surface area contributed by atoms with Crippen LogP contribution in [0, 0.1) is 0 Å². The van der Waals surface area contributed by atoms with Crippen molar-refractivity contribution in [1.82, 2.24) is 19.5 Å². The first kappa shape index (κ1) is 17.5. The topological polar surface area (TPSA) is 75.9 Å². The summed E-state index contributed by atoms with van der Waals surface area (Å²) in [4.78, 5) is 14.9. The summed E-state index contributed by atoms with van der Waals surface area (Å²) >= 11 is 1.67. The maximum absolute atomic E-state index is 9.39. The molecule has 138 valence electrons. The molecule has 1 aromatic carbocycles. The molecule has 0 bridgehead atoms. The molecule has 0 saturated carbocycles. The zero-order valence-electron chi connectivity index (χ0n) is 15.3. The molecule has 0 spiro atoms. The fourth-order valence-electron chi connectivity index (χ4n) is 3.09. The predicted molar refractivity (Wildman–Crippen MR) is 109 cm³/mol. The Morgan fingerprint density at radius 3 is 2.67 bits per heavy atom. The molecule has 3 aromatic heterocycles. The number of imidazole rings is 1. The van der Waals surface area contributed by atoms with Crippen LogP contribution in [0.15, 0.2) is 48.1 Å². The van der Waals surface area contributed by atoms with Crippen LogP contribution in [0.1, 0.15) is 25.5 Å². The van der Waals surface area contributed by atoms with E-state index in [1.54, 1.807) is 29.8 Å². The molecule has 4 rings (SSSR count). The summed E-state index contributed by atoms with van der Waals surface area (Å²) in [6.07, 6.45) is 2.42. The molecule has 0 saturated heterocycles. The van der Waals surface area contributed by atoms with Crippen LogP contribution in [-0.2, 0) is 6.42 Å². The van der Waals surface area contributed by atoms with Crippen LogP contribution in [0.2, 0.25) is 0 Å². The van der Waals surface area contributed by atoms with E-state index in [1.165, 1.54) is 0 Å². The summed E-state index contributed by atoms with van der Waals surface area (Å²) in [5.41, 5.74) is 2.79. The highest BCUT2D eigenvalue weighted by atomic mass is 32.1. The van der Waals surface area contributed by atoms with E-state index < -0.39 is 0 Å². The second kappa shape index (κ2) is 7.36. The second-order valence-corrected chi connectivity index (χ2v) is 7.56. The minimum absolute atomic E-state index is 0.242. The van der Waals surface area contributed by atoms with Crippen LogP contribution < -0.4 is 5.32 Å². The number of hydrogen-bond acceptors (Lipinski definition) is 6. The van der Waals surface area contributed by atoms with Crippen molar-refractivity contribution >= 4 is 28.3 Å². The second-order valence-electron chi connectivity index (χ2n) is 6.61. The number of hydrogen-bond donors (Lipinski definition) is 2. The maximum Gasteiger partial charge on any atom is 0.166 e. The van der Waals surface area contributed by atoms with Gasteiger partial charge in [0.25, 0.3) is 0 Å². The minimum Gasteiger partial charge on any atom is -0.508 e. The van der Waals surface area contributed by atoms with Gasteiger partial charge in [-0.15, -0.1) is 11.3 Å². The molecule has 0 aliphatic heterocycles. The van der Waals surface area contributed by atoms with Crippen molar-refractivity contribution in [2.45, 2.75) is 26.3 Å². The van der Waals surface area contributed by atoms with Crippen molar-refractivity contribution in [3.63, 3.8) is 0 Å². The first-order valence-electron chi connectivity index (χ1n) is 8.92. The molecule has 2 N–H and O–H groups in total. The summed E-state index contributed by atoms with van der Waals surface area (Å²) in [6, 6.07) is 11.6. The van der Waals surface area contributed by atoms with Crippen LogP contribution in [0.25, 0.3) is 21.9 Å². The standard InChI is InChI=1S/C20H21N5OS/c1-13(2)25-19(16-4-3-11-27-16)24-17-18(22-12-23-20(17)25)21-10-9-14-5-7-15(26)8-6-14/h3-8,11-13,26H,9-10H2,1-2H3,(H,21,22,23). The van der Waals surface area contributed by atoms with E-state index in [0.29, 0.717) is 0 Å². The van der Waals surface area contributed by atoms with Crippen molar-refractivity contribution in [2.75, 3.05) is 11.9 Å². The Balaban J connectivity index is 1.63. The maximum atomic E-state index is 9.39. The lowest BCUT2D eigenvalue weighted by Crippen LogP contribution is -2.08. The van der Waals surface area contributed by atoms with Crippen molar-refractivity contribution in [2.24, 2.45) is 0 Å². The zero-order chi connectivity index (χ0) is 18.8. The van der Waals surface area contributed by atoms with E-state index >= 15 is 0 Å². The summed E-state index contributed by atoms with van der Waals surface area (Å²) < 4.78 is 2.16. The third-order valence-corrected chi connectivity index (χ3v) is 5.24. The lowest BCUT2D eigenvalue weighted by atomic mass is 10.1. The van der Waals surface area contributed by atoms with E-state index in [4.69, 9.17) is 4.98 Å².